The van der Waals surface area contributed by atoms with E-state index in [0.29, 0.717) is 17.8 Å². The molecule has 1 rings (SSSR count). The maximum atomic E-state index is 12.5. The highest BCUT2D eigenvalue weighted by Gasteiger charge is 2.25. The Morgan fingerprint density at radius 1 is 1.35 bits per heavy atom. The molecule has 0 aliphatic heterocycles. The number of hydrogen-bond acceptors (Lipinski definition) is 4. The van der Waals surface area contributed by atoms with Gasteiger partial charge in [0.2, 0.25) is 15.9 Å². The molecule has 0 bridgehead atoms. The van der Waals surface area contributed by atoms with Crippen molar-refractivity contribution in [2.75, 3.05) is 25.9 Å². The van der Waals surface area contributed by atoms with Gasteiger partial charge in [-0.3, -0.25) is 4.79 Å². The van der Waals surface area contributed by atoms with E-state index in [1.165, 1.54) is 13.1 Å². The Kier molecular flexibility index (Phi) is 5.13. The van der Waals surface area contributed by atoms with E-state index < -0.39 is 10.0 Å². The second-order valence-electron chi connectivity index (χ2n) is 4.68. The van der Waals surface area contributed by atoms with Crippen LogP contribution in [0.2, 0.25) is 0 Å². The minimum absolute atomic E-state index is 0.141. The summed E-state index contributed by atoms with van der Waals surface area (Å²) in [5, 5.41) is 2.57. The third-order valence-corrected chi connectivity index (χ3v) is 5.00. The minimum Gasteiger partial charge on any atom is -0.399 e. The molecule has 20 heavy (non-hydrogen) atoms. The molecule has 1 aromatic rings. The van der Waals surface area contributed by atoms with Gasteiger partial charge in [0, 0.05) is 19.3 Å². The van der Waals surface area contributed by atoms with Gasteiger partial charge in [-0.1, -0.05) is 0 Å². The minimum atomic E-state index is -3.74. The van der Waals surface area contributed by atoms with Crippen molar-refractivity contribution in [3.05, 3.63) is 23.3 Å². The van der Waals surface area contributed by atoms with Gasteiger partial charge in [-0.25, -0.2) is 8.42 Å². The summed E-state index contributed by atoms with van der Waals surface area (Å²) in [4.78, 5) is 11.6. The maximum Gasteiger partial charge on any atom is 0.243 e. The molecule has 0 aliphatic rings. The number of carbonyl (C=O) groups excluding carboxylic acids is 1. The summed E-state index contributed by atoms with van der Waals surface area (Å²) in [6.07, 6.45) is 0. The predicted molar refractivity (Wildman–Crippen MR) is 78.8 cm³/mol. The van der Waals surface area contributed by atoms with Gasteiger partial charge in [0.15, 0.2) is 0 Å². The van der Waals surface area contributed by atoms with Crippen LogP contribution in [0.1, 0.15) is 18.1 Å². The summed E-state index contributed by atoms with van der Waals surface area (Å²) < 4.78 is 26.0. The molecule has 0 saturated heterocycles. The van der Waals surface area contributed by atoms with Crippen LogP contribution in [0.5, 0.6) is 0 Å². The summed E-state index contributed by atoms with van der Waals surface area (Å²) in [6, 6.07) is 3.14. The van der Waals surface area contributed by atoms with Gasteiger partial charge in [-0.15, -0.1) is 0 Å². The second kappa shape index (κ2) is 6.23. The number of likely N-dealkylation sites (N-methyl/N-ethyl adjacent to an activating group) is 2. The smallest absolute Gasteiger partial charge is 0.243 e. The Morgan fingerprint density at radius 2 is 1.95 bits per heavy atom. The highest BCUT2D eigenvalue weighted by molar-refractivity contribution is 7.89. The molecule has 7 heteroatoms. The van der Waals surface area contributed by atoms with Gasteiger partial charge in [0.25, 0.3) is 0 Å². The zero-order chi connectivity index (χ0) is 15.5. The molecule has 112 valence electrons. The number of sulfonamides is 1. The molecule has 0 spiro atoms. The monoisotopic (exact) mass is 299 g/mol. The highest BCUT2D eigenvalue weighted by Crippen LogP contribution is 2.24. The molecule has 3 N–H and O–H groups in total. The van der Waals surface area contributed by atoms with Gasteiger partial charge in [0.05, 0.1) is 11.4 Å². The van der Waals surface area contributed by atoms with E-state index in [9.17, 15) is 13.2 Å². The van der Waals surface area contributed by atoms with Crippen LogP contribution in [0, 0.1) is 13.8 Å². The second-order valence-corrected chi connectivity index (χ2v) is 6.69. The largest absolute Gasteiger partial charge is 0.399 e. The maximum absolute atomic E-state index is 12.5. The summed E-state index contributed by atoms with van der Waals surface area (Å²) in [7, 11) is -2.36. The quantitative estimate of drug-likeness (QED) is 0.780. The van der Waals surface area contributed by atoms with Crippen molar-refractivity contribution < 1.29 is 13.2 Å². The molecule has 0 unspecified atom stereocenters. The number of nitrogen functional groups attached to an aromatic ring is 1. The summed E-state index contributed by atoms with van der Waals surface area (Å²) in [6.45, 7) is 5.54. The van der Waals surface area contributed by atoms with Gasteiger partial charge in [0.1, 0.15) is 0 Å². The molecule has 0 radical (unpaired) electrons. The SMILES string of the molecule is CCNC(=O)CN(C)S(=O)(=O)c1cc(N)cc(C)c1C. The van der Waals surface area contributed by atoms with Gasteiger partial charge < -0.3 is 11.1 Å². The average molecular weight is 299 g/mol. The number of nitrogens with two attached hydrogens (primary N) is 1. The van der Waals surface area contributed by atoms with Crippen LogP contribution in [0.3, 0.4) is 0 Å². The summed E-state index contributed by atoms with van der Waals surface area (Å²) in [5.41, 5.74) is 7.54. The molecule has 0 saturated carbocycles. The summed E-state index contributed by atoms with van der Waals surface area (Å²) in [5.74, 6) is -0.336. The van der Waals surface area contributed by atoms with Gasteiger partial charge in [-0.05, 0) is 44.0 Å². The Morgan fingerprint density at radius 3 is 2.50 bits per heavy atom. The van der Waals surface area contributed by atoms with Crippen molar-refractivity contribution in [3.63, 3.8) is 0 Å². The lowest BCUT2D eigenvalue weighted by Gasteiger charge is -2.19. The number of hydrogen-bond donors (Lipinski definition) is 2. The zero-order valence-corrected chi connectivity index (χ0v) is 13.0. The van der Waals surface area contributed by atoms with Crippen LogP contribution in [0.15, 0.2) is 17.0 Å². The predicted octanol–water partition coefficient (Wildman–Crippen LogP) is 0.642. The molecular weight excluding hydrogens is 278 g/mol. The van der Waals surface area contributed by atoms with E-state index in [2.05, 4.69) is 5.32 Å². The van der Waals surface area contributed by atoms with E-state index in [4.69, 9.17) is 5.73 Å². The van der Waals surface area contributed by atoms with Crippen LogP contribution < -0.4 is 11.1 Å². The molecule has 0 heterocycles. The number of rotatable bonds is 5. The fraction of sp³-hybridized carbons (Fsp3) is 0.462. The van der Waals surface area contributed by atoms with Crippen LogP contribution in [-0.2, 0) is 14.8 Å². The Hall–Kier alpha value is -1.60. The topological polar surface area (TPSA) is 92.5 Å². The number of anilines is 1. The lowest BCUT2D eigenvalue weighted by Crippen LogP contribution is -2.38. The van der Waals surface area contributed by atoms with Crippen LogP contribution in [-0.4, -0.2) is 38.8 Å². The van der Waals surface area contributed by atoms with Crippen LogP contribution in [0.4, 0.5) is 5.69 Å². The van der Waals surface area contributed by atoms with Gasteiger partial charge >= 0.3 is 0 Å². The van der Waals surface area contributed by atoms with Crippen LogP contribution in [0.25, 0.3) is 0 Å². The molecule has 6 nitrogen and oxygen atoms in total. The first kappa shape index (κ1) is 16.5. The molecule has 1 aromatic carbocycles. The first-order valence-electron chi connectivity index (χ1n) is 6.30. The van der Waals surface area contributed by atoms with Crippen molar-refractivity contribution in [2.24, 2.45) is 0 Å². The zero-order valence-electron chi connectivity index (χ0n) is 12.2. The highest BCUT2D eigenvalue weighted by atomic mass is 32.2. The van der Waals surface area contributed by atoms with E-state index in [1.54, 1.807) is 26.8 Å². The normalized spacial score (nSPS) is 11.7. The number of nitrogens with zero attached hydrogens (tertiary/aromatic N) is 1. The van der Waals surface area contributed by atoms with E-state index in [1.807, 2.05) is 0 Å². The van der Waals surface area contributed by atoms with Crippen LogP contribution >= 0.6 is 0 Å². The molecule has 0 aliphatic carbocycles. The molecule has 0 fully saturated rings. The molecule has 0 atom stereocenters. The van der Waals surface area contributed by atoms with E-state index in [-0.39, 0.29) is 17.3 Å². The number of amides is 1. The number of carbonyl (C=O) groups is 1. The van der Waals surface area contributed by atoms with Crippen molar-refractivity contribution >= 4 is 21.6 Å². The van der Waals surface area contributed by atoms with Crippen molar-refractivity contribution in [3.8, 4) is 0 Å². The summed E-state index contributed by atoms with van der Waals surface area (Å²) >= 11 is 0. The van der Waals surface area contributed by atoms with Crippen molar-refractivity contribution in [2.45, 2.75) is 25.7 Å². The number of benzene rings is 1. The third kappa shape index (κ3) is 3.49. The van der Waals surface area contributed by atoms with Gasteiger partial charge in [-0.2, -0.15) is 4.31 Å². The molecule has 1 amide bonds. The standard InChI is InChI=1S/C13H21N3O3S/c1-5-15-13(17)8-16(4)20(18,19)12-7-11(14)6-9(2)10(12)3/h6-7H,5,8,14H2,1-4H3,(H,15,17). The fourth-order valence-electron chi connectivity index (χ4n) is 1.83. The van der Waals surface area contributed by atoms with E-state index in [0.717, 1.165) is 9.87 Å². The number of aryl methyl sites for hydroxylation is 1. The first-order chi connectivity index (χ1) is 9.20. The first-order valence-corrected chi connectivity index (χ1v) is 7.74. The third-order valence-electron chi connectivity index (χ3n) is 3.07. The van der Waals surface area contributed by atoms with Crippen molar-refractivity contribution in [1.82, 2.24) is 9.62 Å². The number of nitrogens with one attached hydrogen (secondary N) is 1. The lowest BCUT2D eigenvalue weighted by atomic mass is 10.1. The Labute approximate surface area is 120 Å². The fourth-order valence-corrected chi connectivity index (χ4v) is 3.29. The molecule has 0 aromatic heterocycles. The lowest BCUT2D eigenvalue weighted by molar-refractivity contribution is -0.121. The van der Waals surface area contributed by atoms with E-state index >= 15 is 0 Å². The van der Waals surface area contributed by atoms with Crippen molar-refractivity contribution in [1.29, 1.82) is 0 Å². The average Bonchev–Trinajstić information content (AvgIpc) is 2.33. The molecular formula is C13H21N3O3S. The Balaban J connectivity index is 3.14. The Bertz CT molecular complexity index is 612.